The third-order valence-corrected chi connectivity index (χ3v) is 4.28. The molecule has 1 aromatic rings. The van der Waals surface area contributed by atoms with Crippen molar-refractivity contribution in [3.8, 4) is 0 Å². The van der Waals surface area contributed by atoms with Crippen molar-refractivity contribution >= 4 is 11.6 Å². The number of piperidine rings is 1. The van der Waals surface area contributed by atoms with E-state index in [0.717, 1.165) is 10.9 Å². The maximum Gasteiger partial charge on any atom is 0.0408 e. The summed E-state index contributed by atoms with van der Waals surface area (Å²) in [6.07, 6.45) is 6.55. The van der Waals surface area contributed by atoms with E-state index in [4.69, 9.17) is 11.6 Å². The summed E-state index contributed by atoms with van der Waals surface area (Å²) in [4.78, 5) is 0. The van der Waals surface area contributed by atoms with E-state index in [9.17, 15) is 0 Å². The number of hydrogen-bond acceptors (Lipinski definition) is 1. The van der Waals surface area contributed by atoms with Gasteiger partial charge < -0.3 is 5.32 Å². The smallest absolute Gasteiger partial charge is 0.0408 e. The summed E-state index contributed by atoms with van der Waals surface area (Å²) in [7, 11) is 0. The standard InChI is InChI=1S/C16H24ClN/c1-2-3-9-16(14-7-5-10-18-12-14)13-6-4-8-15(17)11-13/h4,6,8,11,14,16,18H,2-3,5,7,9-10,12H2,1H3/t14-,16+/m0/s1. The average molecular weight is 266 g/mol. The number of benzene rings is 1. The molecule has 1 fully saturated rings. The van der Waals surface area contributed by atoms with Gasteiger partial charge in [-0.25, -0.2) is 0 Å². The predicted molar refractivity (Wildman–Crippen MR) is 79.3 cm³/mol. The Morgan fingerprint density at radius 3 is 3.00 bits per heavy atom. The van der Waals surface area contributed by atoms with Gasteiger partial charge in [-0.15, -0.1) is 0 Å². The molecule has 2 heteroatoms. The molecule has 18 heavy (non-hydrogen) atoms. The number of unbranched alkanes of at least 4 members (excludes halogenated alkanes) is 1. The van der Waals surface area contributed by atoms with E-state index in [1.54, 1.807) is 0 Å². The molecule has 0 amide bonds. The van der Waals surface area contributed by atoms with Gasteiger partial charge in [0.1, 0.15) is 0 Å². The lowest BCUT2D eigenvalue weighted by Gasteiger charge is -2.31. The lowest BCUT2D eigenvalue weighted by atomic mass is 9.79. The van der Waals surface area contributed by atoms with E-state index in [1.165, 1.54) is 50.8 Å². The zero-order valence-corrected chi connectivity index (χ0v) is 12.0. The molecule has 1 aliphatic rings. The van der Waals surface area contributed by atoms with Crippen LogP contribution in [0.2, 0.25) is 5.02 Å². The van der Waals surface area contributed by atoms with Gasteiger partial charge in [0.25, 0.3) is 0 Å². The molecule has 0 bridgehead atoms. The first kappa shape index (κ1) is 13.9. The Kier molecular flexibility index (Phi) is 5.52. The topological polar surface area (TPSA) is 12.0 Å². The average Bonchev–Trinajstić information content (AvgIpc) is 2.40. The van der Waals surface area contributed by atoms with E-state index < -0.39 is 0 Å². The summed E-state index contributed by atoms with van der Waals surface area (Å²) in [5.74, 6) is 1.46. The van der Waals surface area contributed by atoms with E-state index >= 15 is 0 Å². The highest BCUT2D eigenvalue weighted by Crippen LogP contribution is 2.34. The molecule has 100 valence electrons. The van der Waals surface area contributed by atoms with E-state index in [-0.39, 0.29) is 0 Å². The largest absolute Gasteiger partial charge is 0.316 e. The number of halogens is 1. The Morgan fingerprint density at radius 1 is 1.44 bits per heavy atom. The summed E-state index contributed by atoms with van der Waals surface area (Å²) in [5.41, 5.74) is 1.43. The molecule has 0 spiro atoms. The monoisotopic (exact) mass is 265 g/mol. The van der Waals surface area contributed by atoms with Crippen LogP contribution in [0.5, 0.6) is 0 Å². The van der Waals surface area contributed by atoms with Gasteiger partial charge >= 0.3 is 0 Å². The van der Waals surface area contributed by atoms with Crippen LogP contribution in [-0.2, 0) is 0 Å². The van der Waals surface area contributed by atoms with Gasteiger partial charge in [-0.1, -0.05) is 43.5 Å². The van der Waals surface area contributed by atoms with Gasteiger partial charge in [-0.3, -0.25) is 0 Å². The van der Waals surface area contributed by atoms with Crippen LogP contribution in [0.25, 0.3) is 0 Å². The molecule has 0 aromatic heterocycles. The third-order valence-electron chi connectivity index (χ3n) is 4.05. The number of rotatable bonds is 5. The summed E-state index contributed by atoms with van der Waals surface area (Å²) in [6.45, 7) is 4.63. The molecule has 0 aliphatic carbocycles. The lowest BCUT2D eigenvalue weighted by Crippen LogP contribution is -2.33. The van der Waals surface area contributed by atoms with Crippen LogP contribution >= 0.6 is 11.6 Å². The van der Waals surface area contributed by atoms with Gasteiger partial charge in [0.2, 0.25) is 0 Å². The van der Waals surface area contributed by atoms with E-state index in [2.05, 4.69) is 30.4 Å². The van der Waals surface area contributed by atoms with Crippen molar-refractivity contribution < 1.29 is 0 Å². The second-order valence-corrected chi connectivity index (χ2v) is 5.85. The molecule has 1 heterocycles. The molecule has 1 N–H and O–H groups in total. The third kappa shape index (κ3) is 3.73. The highest BCUT2D eigenvalue weighted by Gasteiger charge is 2.24. The molecule has 1 aromatic carbocycles. The normalized spacial score (nSPS) is 21.8. The van der Waals surface area contributed by atoms with Gasteiger partial charge in [0, 0.05) is 5.02 Å². The highest BCUT2D eigenvalue weighted by molar-refractivity contribution is 6.30. The van der Waals surface area contributed by atoms with Crippen LogP contribution in [0.15, 0.2) is 24.3 Å². The quantitative estimate of drug-likeness (QED) is 0.820. The summed E-state index contributed by atoms with van der Waals surface area (Å²) >= 11 is 6.15. The van der Waals surface area contributed by atoms with Crippen LogP contribution in [0.4, 0.5) is 0 Å². The second-order valence-electron chi connectivity index (χ2n) is 5.41. The van der Waals surface area contributed by atoms with Crippen LogP contribution < -0.4 is 5.32 Å². The maximum absolute atomic E-state index is 6.15. The number of hydrogen-bond donors (Lipinski definition) is 1. The summed E-state index contributed by atoms with van der Waals surface area (Å²) < 4.78 is 0. The molecule has 0 saturated carbocycles. The molecule has 2 atom stereocenters. The van der Waals surface area contributed by atoms with Crippen molar-refractivity contribution in [2.45, 2.75) is 44.9 Å². The maximum atomic E-state index is 6.15. The van der Waals surface area contributed by atoms with Crippen molar-refractivity contribution in [1.82, 2.24) is 5.32 Å². The molecule has 1 saturated heterocycles. The Hall–Kier alpha value is -0.530. The zero-order valence-electron chi connectivity index (χ0n) is 11.3. The summed E-state index contributed by atoms with van der Waals surface area (Å²) in [6, 6.07) is 8.48. The minimum Gasteiger partial charge on any atom is -0.316 e. The lowest BCUT2D eigenvalue weighted by molar-refractivity contribution is 0.307. The SMILES string of the molecule is CCCC[C@H](c1cccc(Cl)c1)[C@H]1CCCNC1. The molecule has 0 radical (unpaired) electrons. The molecular formula is C16H24ClN. The second kappa shape index (κ2) is 7.16. The van der Waals surface area contributed by atoms with Crippen molar-refractivity contribution in [2.75, 3.05) is 13.1 Å². The Morgan fingerprint density at radius 2 is 2.33 bits per heavy atom. The predicted octanol–water partition coefficient (Wildman–Crippen LogP) is 4.61. The highest BCUT2D eigenvalue weighted by atomic mass is 35.5. The minimum absolute atomic E-state index is 0.677. The van der Waals surface area contributed by atoms with E-state index in [0.29, 0.717) is 5.92 Å². The van der Waals surface area contributed by atoms with Crippen molar-refractivity contribution in [2.24, 2.45) is 5.92 Å². The van der Waals surface area contributed by atoms with Gasteiger partial charge in [0.05, 0.1) is 0 Å². The van der Waals surface area contributed by atoms with Gasteiger partial charge in [0.15, 0.2) is 0 Å². The van der Waals surface area contributed by atoms with Gasteiger partial charge in [-0.2, -0.15) is 0 Å². The fraction of sp³-hybridized carbons (Fsp3) is 0.625. The van der Waals surface area contributed by atoms with Crippen molar-refractivity contribution in [1.29, 1.82) is 0 Å². The molecule has 0 unspecified atom stereocenters. The molecular weight excluding hydrogens is 242 g/mol. The van der Waals surface area contributed by atoms with Crippen molar-refractivity contribution in [3.05, 3.63) is 34.9 Å². The Balaban J connectivity index is 2.12. The first-order chi connectivity index (χ1) is 8.81. The molecule has 2 rings (SSSR count). The van der Waals surface area contributed by atoms with E-state index in [1.807, 2.05) is 6.07 Å². The summed E-state index contributed by atoms with van der Waals surface area (Å²) in [5, 5.41) is 4.42. The Bertz CT molecular complexity index is 358. The Labute approximate surface area is 116 Å². The first-order valence-corrected chi connectivity index (χ1v) is 7.65. The first-order valence-electron chi connectivity index (χ1n) is 7.27. The van der Waals surface area contributed by atoms with Crippen molar-refractivity contribution in [3.63, 3.8) is 0 Å². The fourth-order valence-electron chi connectivity index (χ4n) is 3.06. The van der Waals surface area contributed by atoms with Crippen LogP contribution in [0, 0.1) is 5.92 Å². The van der Waals surface area contributed by atoms with Crippen LogP contribution in [0.3, 0.4) is 0 Å². The van der Waals surface area contributed by atoms with Crippen LogP contribution in [0.1, 0.15) is 50.5 Å². The van der Waals surface area contributed by atoms with Crippen LogP contribution in [-0.4, -0.2) is 13.1 Å². The molecule has 1 nitrogen and oxygen atoms in total. The van der Waals surface area contributed by atoms with Gasteiger partial charge in [-0.05, 0) is 61.9 Å². The molecule has 1 aliphatic heterocycles. The fourth-order valence-corrected chi connectivity index (χ4v) is 3.26. The minimum atomic E-state index is 0.677. The zero-order chi connectivity index (χ0) is 12.8. The number of nitrogens with one attached hydrogen (secondary N) is 1.